The Labute approximate surface area is 206 Å². The Bertz CT molecular complexity index is 1390. The Morgan fingerprint density at radius 1 is 1.14 bits per heavy atom. The highest BCUT2D eigenvalue weighted by molar-refractivity contribution is 7.92. The Balaban J connectivity index is 1.71. The number of nitrogens with one attached hydrogen (secondary N) is 1. The van der Waals surface area contributed by atoms with Gasteiger partial charge >= 0.3 is 0 Å². The molecule has 1 amide bonds. The Hall–Kier alpha value is -3.13. The molecule has 1 saturated heterocycles. The van der Waals surface area contributed by atoms with Crippen molar-refractivity contribution in [3.63, 3.8) is 0 Å². The molecule has 7 nitrogen and oxygen atoms in total. The number of hydrogen-bond donors (Lipinski definition) is 1. The molecule has 1 aliphatic heterocycles. The van der Waals surface area contributed by atoms with Gasteiger partial charge in [0.05, 0.1) is 10.6 Å². The minimum atomic E-state index is -3.91. The van der Waals surface area contributed by atoms with E-state index in [9.17, 15) is 18.0 Å². The third-order valence-corrected chi connectivity index (χ3v) is 8.81. The van der Waals surface area contributed by atoms with Crippen molar-refractivity contribution < 1.29 is 13.2 Å². The van der Waals surface area contributed by atoms with Crippen molar-refractivity contribution in [2.75, 3.05) is 17.9 Å². The molecule has 35 heavy (non-hydrogen) atoms. The zero-order valence-electron chi connectivity index (χ0n) is 20.7. The second-order valence-electron chi connectivity index (χ2n) is 9.51. The van der Waals surface area contributed by atoms with Crippen molar-refractivity contribution in [2.24, 2.45) is 0 Å². The van der Waals surface area contributed by atoms with Crippen LogP contribution in [0.15, 0.2) is 58.4 Å². The minimum Gasteiger partial charge on any atom is -0.360 e. The molecule has 0 aliphatic carbocycles. The summed E-state index contributed by atoms with van der Waals surface area (Å²) in [6.07, 6.45) is 5.21. The zero-order valence-corrected chi connectivity index (χ0v) is 21.6. The second-order valence-corrected chi connectivity index (χ2v) is 11.5. The van der Waals surface area contributed by atoms with Crippen LogP contribution in [0.1, 0.15) is 68.3 Å². The lowest BCUT2D eigenvalue weighted by atomic mass is 9.99. The summed E-state index contributed by atoms with van der Waals surface area (Å²) in [6.45, 7) is 6.83. The van der Waals surface area contributed by atoms with Crippen LogP contribution in [0.25, 0.3) is 10.9 Å². The number of H-pyrrole nitrogens is 1. The largest absolute Gasteiger partial charge is 0.360 e. The van der Waals surface area contributed by atoms with Crippen LogP contribution < -0.4 is 9.73 Å². The summed E-state index contributed by atoms with van der Waals surface area (Å²) in [6, 6.07) is 11.9. The van der Waals surface area contributed by atoms with E-state index in [2.05, 4.69) is 18.8 Å². The number of rotatable bonds is 6. The summed E-state index contributed by atoms with van der Waals surface area (Å²) in [5.74, 6) is 0.0444. The molecule has 8 heteroatoms. The fourth-order valence-corrected chi connectivity index (χ4v) is 5.95. The van der Waals surface area contributed by atoms with Gasteiger partial charge < -0.3 is 9.88 Å². The second kappa shape index (κ2) is 9.85. The van der Waals surface area contributed by atoms with Crippen LogP contribution in [0.3, 0.4) is 0 Å². The van der Waals surface area contributed by atoms with Gasteiger partial charge in [-0.1, -0.05) is 32.9 Å². The molecule has 1 aliphatic rings. The highest BCUT2D eigenvalue weighted by Gasteiger charge is 2.29. The number of likely N-dealkylation sites (tertiary alicyclic amines) is 1. The van der Waals surface area contributed by atoms with Gasteiger partial charge in [0.25, 0.3) is 15.9 Å². The van der Waals surface area contributed by atoms with Crippen molar-refractivity contribution in [1.29, 1.82) is 0 Å². The van der Waals surface area contributed by atoms with E-state index in [1.54, 1.807) is 23.1 Å². The molecule has 0 saturated carbocycles. The number of sulfonamides is 1. The van der Waals surface area contributed by atoms with E-state index < -0.39 is 15.5 Å². The molecular weight excluding hydrogens is 462 g/mol. The predicted octanol–water partition coefficient (Wildman–Crippen LogP) is 4.88. The maximum Gasteiger partial charge on any atom is 0.264 e. The van der Waals surface area contributed by atoms with Crippen LogP contribution in [0.2, 0.25) is 0 Å². The molecule has 2 heterocycles. The smallest absolute Gasteiger partial charge is 0.264 e. The number of carbonyl (C=O) groups excluding carboxylic acids is 1. The average molecular weight is 496 g/mol. The number of aromatic amines is 1. The van der Waals surface area contributed by atoms with Crippen molar-refractivity contribution in [3.05, 3.63) is 70.0 Å². The van der Waals surface area contributed by atoms with Gasteiger partial charge in [-0.3, -0.25) is 13.9 Å². The maximum absolute atomic E-state index is 13.4. The van der Waals surface area contributed by atoms with Crippen LogP contribution in [0.4, 0.5) is 5.69 Å². The maximum atomic E-state index is 13.4. The first kappa shape index (κ1) is 25.0. The summed E-state index contributed by atoms with van der Waals surface area (Å²) < 4.78 is 28.0. The number of pyridine rings is 1. The number of hydrogen-bond acceptors (Lipinski definition) is 4. The van der Waals surface area contributed by atoms with E-state index in [1.807, 2.05) is 19.1 Å². The number of amides is 1. The van der Waals surface area contributed by atoms with Crippen molar-refractivity contribution >= 4 is 32.5 Å². The van der Waals surface area contributed by atoms with Gasteiger partial charge in [-0.2, -0.15) is 0 Å². The molecule has 0 spiro atoms. The normalized spacial score (nSPS) is 16.6. The van der Waals surface area contributed by atoms with E-state index in [4.69, 9.17) is 0 Å². The van der Waals surface area contributed by atoms with Crippen molar-refractivity contribution in [1.82, 2.24) is 9.88 Å². The molecular formula is C27H33N3O4S. The van der Waals surface area contributed by atoms with E-state index in [-0.39, 0.29) is 27.8 Å². The summed E-state index contributed by atoms with van der Waals surface area (Å²) in [5.41, 5.74) is 1.73. The van der Waals surface area contributed by atoms with Crippen molar-refractivity contribution in [3.8, 4) is 0 Å². The van der Waals surface area contributed by atoms with E-state index >= 15 is 0 Å². The first-order valence-corrected chi connectivity index (χ1v) is 13.6. The lowest BCUT2D eigenvalue weighted by Gasteiger charge is -2.35. The van der Waals surface area contributed by atoms with Crippen LogP contribution >= 0.6 is 0 Å². The number of piperidine rings is 1. The zero-order chi connectivity index (χ0) is 25.3. The van der Waals surface area contributed by atoms with E-state index in [0.29, 0.717) is 23.7 Å². The molecule has 1 aromatic heterocycles. The fourth-order valence-electron chi connectivity index (χ4n) is 4.73. The number of carbonyl (C=O) groups is 1. The molecule has 186 valence electrons. The highest BCUT2D eigenvalue weighted by atomic mass is 32.2. The summed E-state index contributed by atoms with van der Waals surface area (Å²) in [7, 11) is -2.42. The van der Waals surface area contributed by atoms with Gasteiger partial charge in [-0.15, -0.1) is 0 Å². The van der Waals surface area contributed by atoms with Crippen LogP contribution in [-0.2, 0) is 10.0 Å². The molecule has 3 aromatic rings. The highest BCUT2D eigenvalue weighted by Crippen LogP contribution is 2.26. The molecule has 0 unspecified atom stereocenters. The molecule has 0 radical (unpaired) electrons. The predicted molar refractivity (Wildman–Crippen MR) is 140 cm³/mol. The summed E-state index contributed by atoms with van der Waals surface area (Å²) in [5, 5.41) is 0.186. The van der Waals surface area contributed by atoms with Gasteiger partial charge in [0.1, 0.15) is 5.56 Å². The van der Waals surface area contributed by atoms with Crippen molar-refractivity contribution in [2.45, 2.75) is 63.3 Å². The Morgan fingerprint density at radius 3 is 2.51 bits per heavy atom. The van der Waals surface area contributed by atoms with Crippen LogP contribution in [-0.4, -0.2) is 43.8 Å². The first-order valence-electron chi connectivity index (χ1n) is 12.2. The lowest BCUT2D eigenvalue weighted by molar-refractivity contribution is 0.0606. The molecule has 1 fully saturated rings. The van der Waals surface area contributed by atoms with Crippen LogP contribution in [0.5, 0.6) is 0 Å². The van der Waals surface area contributed by atoms with Gasteiger partial charge in [0.2, 0.25) is 5.43 Å². The van der Waals surface area contributed by atoms with Crippen LogP contribution in [0, 0.1) is 0 Å². The number of anilines is 1. The van der Waals surface area contributed by atoms with Gasteiger partial charge in [0, 0.05) is 36.7 Å². The molecule has 1 N–H and O–H groups in total. The molecule has 0 bridgehead atoms. The lowest BCUT2D eigenvalue weighted by Crippen LogP contribution is -2.44. The van der Waals surface area contributed by atoms with Gasteiger partial charge in [-0.25, -0.2) is 8.42 Å². The van der Waals surface area contributed by atoms with E-state index in [0.717, 1.165) is 31.2 Å². The van der Waals surface area contributed by atoms with Gasteiger partial charge in [-0.05, 0) is 67.5 Å². The number of nitrogens with zero attached hydrogens (tertiary/aromatic N) is 2. The summed E-state index contributed by atoms with van der Waals surface area (Å²) >= 11 is 0. The first-order chi connectivity index (χ1) is 16.6. The number of fused-ring (bicyclic) bond motifs is 1. The quantitative estimate of drug-likeness (QED) is 0.528. The third kappa shape index (κ3) is 4.72. The SMILES string of the molecule is CC[C@@H]1CCCCN1C(=O)c1c[nH]c2ccc(S(=O)(=O)N(C)c3ccc(C(C)C)cc3)cc2c1=O. The minimum absolute atomic E-state index is 0.0000534. The summed E-state index contributed by atoms with van der Waals surface area (Å²) in [4.78, 5) is 31.4. The fraction of sp³-hybridized carbons (Fsp3) is 0.407. The topological polar surface area (TPSA) is 90.6 Å². The standard InChI is InChI=1S/C27H33N3O4S/c1-5-20-8-6-7-15-30(20)27(32)24-17-28-25-14-13-22(16-23(25)26(24)31)35(33,34)29(4)21-11-9-19(10-12-21)18(2)3/h9-14,16-18,20H,5-8,15H2,1-4H3,(H,28,31)/t20-/m1/s1. The Kier molecular flexibility index (Phi) is 7.03. The molecule has 4 rings (SSSR count). The third-order valence-electron chi connectivity index (χ3n) is 7.02. The number of benzene rings is 2. The van der Waals surface area contributed by atoms with Gasteiger partial charge in [0.15, 0.2) is 0 Å². The monoisotopic (exact) mass is 495 g/mol. The van der Waals surface area contributed by atoms with E-state index in [1.165, 1.54) is 29.7 Å². The Morgan fingerprint density at radius 2 is 1.86 bits per heavy atom. The average Bonchev–Trinajstić information content (AvgIpc) is 2.87. The number of aromatic nitrogens is 1. The molecule has 2 aromatic carbocycles. The molecule has 1 atom stereocenters.